The maximum atomic E-state index is 13.0. The molecule has 0 bridgehead atoms. The Morgan fingerprint density at radius 3 is 2.68 bits per heavy atom. The zero-order valence-electron chi connectivity index (χ0n) is 15.0. The summed E-state index contributed by atoms with van der Waals surface area (Å²) in [6, 6.07) is 11.4. The molecule has 0 aliphatic rings. The molecule has 28 heavy (non-hydrogen) atoms. The molecule has 140 valence electrons. The minimum atomic E-state index is -0.517. The molecule has 2 heterocycles. The van der Waals surface area contributed by atoms with Crippen molar-refractivity contribution in [2.45, 2.75) is 13.8 Å². The van der Waals surface area contributed by atoms with Gasteiger partial charge in [0.2, 0.25) is 5.82 Å². The molecule has 1 N–H and O–H groups in total. The first-order valence-corrected chi connectivity index (χ1v) is 8.40. The van der Waals surface area contributed by atoms with E-state index in [-0.39, 0.29) is 17.5 Å². The summed E-state index contributed by atoms with van der Waals surface area (Å²) in [5, 5.41) is 14.5. The largest absolute Gasteiger partial charge is 0.328 e. The van der Waals surface area contributed by atoms with Crippen LogP contribution in [0.5, 0.6) is 0 Å². The van der Waals surface area contributed by atoms with E-state index in [0.717, 1.165) is 11.1 Å². The van der Waals surface area contributed by atoms with Gasteiger partial charge in [-0.1, -0.05) is 28.1 Å². The molecule has 0 atom stereocenters. The third kappa shape index (κ3) is 3.50. The summed E-state index contributed by atoms with van der Waals surface area (Å²) in [6.45, 7) is 3.87. The standard InChI is InChI=1S/C19H15FN6O2/c1-11-3-8-15(12(2)9-11)21-18(27)19-22-17(24-28-19)16-10-26(25-23-16)14-6-4-13(20)5-7-14/h3-10H,1-2H3,(H,21,27). The van der Waals surface area contributed by atoms with Crippen LogP contribution in [0.25, 0.3) is 17.2 Å². The fourth-order valence-corrected chi connectivity index (χ4v) is 2.64. The van der Waals surface area contributed by atoms with Gasteiger partial charge in [0.1, 0.15) is 5.82 Å². The smallest absolute Gasteiger partial charge is 0.316 e. The molecule has 0 aliphatic carbocycles. The van der Waals surface area contributed by atoms with E-state index in [1.54, 1.807) is 18.3 Å². The summed E-state index contributed by atoms with van der Waals surface area (Å²) in [7, 11) is 0. The second-order valence-corrected chi connectivity index (χ2v) is 6.22. The maximum absolute atomic E-state index is 13.0. The number of carbonyl (C=O) groups is 1. The monoisotopic (exact) mass is 378 g/mol. The van der Waals surface area contributed by atoms with Crippen LogP contribution in [0.2, 0.25) is 0 Å². The fraction of sp³-hybridized carbons (Fsp3) is 0.105. The van der Waals surface area contributed by atoms with E-state index in [1.165, 1.54) is 16.8 Å². The van der Waals surface area contributed by atoms with Gasteiger partial charge in [0.05, 0.1) is 11.9 Å². The summed E-state index contributed by atoms with van der Waals surface area (Å²) < 4.78 is 19.5. The van der Waals surface area contributed by atoms with Crippen molar-refractivity contribution in [1.29, 1.82) is 0 Å². The van der Waals surface area contributed by atoms with Gasteiger partial charge in [-0.05, 0) is 49.7 Å². The van der Waals surface area contributed by atoms with E-state index in [4.69, 9.17) is 4.52 Å². The van der Waals surface area contributed by atoms with Crippen molar-refractivity contribution in [3.05, 3.63) is 71.5 Å². The van der Waals surface area contributed by atoms with Gasteiger partial charge in [-0.2, -0.15) is 4.98 Å². The van der Waals surface area contributed by atoms with Crippen LogP contribution in [-0.2, 0) is 0 Å². The van der Waals surface area contributed by atoms with Gasteiger partial charge in [0.25, 0.3) is 0 Å². The SMILES string of the molecule is Cc1ccc(NC(=O)c2nc(-c3cn(-c4ccc(F)cc4)nn3)no2)c(C)c1. The van der Waals surface area contributed by atoms with Crippen molar-refractivity contribution in [1.82, 2.24) is 25.1 Å². The molecular formula is C19H15FN6O2. The lowest BCUT2D eigenvalue weighted by atomic mass is 10.1. The number of aryl methyl sites for hydroxylation is 2. The highest BCUT2D eigenvalue weighted by Crippen LogP contribution is 2.18. The van der Waals surface area contributed by atoms with Gasteiger partial charge in [0, 0.05) is 5.69 Å². The Balaban J connectivity index is 1.53. The molecule has 9 heteroatoms. The molecule has 0 fully saturated rings. The molecule has 2 aromatic heterocycles. The topological polar surface area (TPSA) is 98.7 Å². The lowest BCUT2D eigenvalue weighted by Gasteiger charge is -2.06. The van der Waals surface area contributed by atoms with Crippen LogP contribution in [0.1, 0.15) is 21.8 Å². The predicted molar refractivity (Wildman–Crippen MR) is 98.5 cm³/mol. The summed E-state index contributed by atoms with van der Waals surface area (Å²) in [5.41, 5.74) is 3.63. The molecule has 0 spiro atoms. The van der Waals surface area contributed by atoms with E-state index in [9.17, 15) is 9.18 Å². The number of anilines is 1. The first-order valence-electron chi connectivity index (χ1n) is 8.40. The van der Waals surface area contributed by atoms with Crippen molar-refractivity contribution in [3.63, 3.8) is 0 Å². The number of hydrogen-bond donors (Lipinski definition) is 1. The van der Waals surface area contributed by atoms with Crippen molar-refractivity contribution >= 4 is 11.6 Å². The van der Waals surface area contributed by atoms with E-state index in [0.29, 0.717) is 17.1 Å². The van der Waals surface area contributed by atoms with E-state index < -0.39 is 5.91 Å². The Labute approximate surface area is 159 Å². The maximum Gasteiger partial charge on any atom is 0.316 e. The van der Waals surface area contributed by atoms with Crippen LogP contribution in [0.15, 0.2) is 53.2 Å². The van der Waals surface area contributed by atoms with Crippen molar-refractivity contribution in [2.24, 2.45) is 0 Å². The molecule has 0 unspecified atom stereocenters. The minimum Gasteiger partial charge on any atom is -0.328 e. The van der Waals surface area contributed by atoms with Crippen LogP contribution in [-0.4, -0.2) is 31.0 Å². The quantitative estimate of drug-likeness (QED) is 0.585. The summed E-state index contributed by atoms with van der Waals surface area (Å²) in [6.07, 6.45) is 1.56. The Morgan fingerprint density at radius 1 is 1.14 bits per heavy atom. The van der Waals surface area contributed by atoms with Crippen molar-refractivity contribution < 1.29 is 13.7 Å². The number of aromatic nitrogens is 5. The molecule has 2 aromatic carbocycles. The first-order chi connectivity index (χ1) is 13.5. The highest BCUT2D eigenvalue weighted by molar-refractivity contribution is 6.01. The Bertz CT molecular complexity index is 1150. The van der Waals surface area contributed by atoms with E-state index in [2.05, 4.69) is 25.8 Å². The van der Waals surface area contributed by atoms with Crippen LogP contribution < -0.4 is 5.32 Å². The third-order valence-corrected chi connectivity index (χ3v) is 4.06. The lowest BCUT2D eigenvalue weighted by Crippen LogP contribution is -2.13. The number of carbonyl (C=O) groups excluding carboxylic acids is 1. The molecule has 8 nitrogen and oxygen atoms in total. The van der Waals surface area contributed by atoms with Gasteiger partial charge >= 0.3 is 11.8 Å². The number of hydrogen-bond acceptors (Lipinski definition) is 6. The second kappa shape index (κ2) is 7.03. The average Bonchev–Trinajstić information content (AvgIpc) is 3.34. The molecule has 0 radical (unpaired) electrons. The first kappa shape index (κ1) is 17.5. The minimum absolute atomic E-state index is 0.124. The summed E-state index contributed by atoms with van der Waals surface area (Å²) in [4.78, 5) is 16.4. The highest BCUT2D eigenvalue weighted by atomic mass is 19.1. The number of nitrogens with one attached hydrogen (secondary N) is 1. The van der Waals surface area contributed by atoms with Crippen molar-refractivity contribution in [2.75, 3.05) is 5.32 Å². The zero-order chi connectivity index (χ0) is 19.7. The van der Waals surface area contributed by atoms with Gasteiger partial charge < -0.3 is 9.84 Å². The van der Waals surface area contributed by atoms with Gasteiger partial charge in [-0.25, -0.2) is 9.07 Å². The highest BCUT2D eigenvalue weighted by Gasteiger charge is 2.19. The summed E-state index contributed by atoms with van der Waals surface area (Å²) >= 11 is 0. The lowest BCUT2D eigenvalue weighted by molar-refractivity contribution is 0.0981. The Morgan fingerprint density at radius 2 is 1.93 bits per heavy atom. The van der Waals surface area contributed by atoms with Crippen LogP contribution in [0.4, 0.5) is 10.1 Å². The number of amides is 1. The van der Waals surface area contributed by atoms with Crippen LogP contribution in [0.3, 0.4) is 0 Å². The molecule has 0 saturated heterocycles. The molecule has 0 saturated carbocycles. The van der Waals surface area contributed by atoms with Crippen LogP contribution in [0, 0.1) is 19.7 Å². The van der Waals surface area contributed by atoms with Gasteiger partial charge in [-0.15, -0.1) is 5.10 Å². The number of rotatable bonds is 4. The fourth-order valence-electron chi connectivity index (χ4n) is 2.64. The van der Waals surface area contributed by atoms with Gasteiger partial charge in [-0.3, -0.25) is 4.79 Å². The van der Waals surface area contributed by atoms with Crippen LogP contribution >= 0.6 is 0 Å². The molecular weight excluding hydrogens is 363 g/mol. The number of halogens is 1. The molecule has 4 aromatic rings. The number of nitrogens with zero attached hydrogens (tertiary/aromatic N) is 5. The van der Waals surface area contributed by atoms with E-state index in [1.807, 2.05) is 32.0 Å². The molecule has 4 rings (SSSR count). The molecule has 1 amide bonds. The Kier molecular flexibility index (Phi) is 4.40. The normalized spacial score (nSPS) is 10.8. The van der Waals surface area contributed by atoms with E-state index >= 15 is 0 Å². The average molecular weight is 378 g/mol. The van der Waals surface area contributed by atoms with Gasteiger partial charge in [0.15, 0.2) is 5.69 Å². The molecule has 0 aliphatic heterocycles. The Hall–Kier alpha value is -3.88. The predicted octanol–water partition coefficient (Wildman–Crippen LogP) is 3.33. The number of benzene rings is 2. The second-order valence-electron chi connectivity index (χ2n) is 6.22. The zero-order valence-corrected chi connectivity index (χ0v) is 15.0. The third-order valence-electron chi connectivity index (χ3n) is 4.06. The van der Waals surface area contributed by atoms with Crippen molar-refractivity contribution in [3.8, 4) is 17.2 Å². The summed E-state index contributed by atoms with van der Waals surface area (Å²) in [5.74, 6) is -0.927.